The smallest absolute Gasteiger partial charge is 0.122 e. The molecule has 24 heavy (non-hydrogen) atoms. The summed E-state index contributed by atoms with van der Waals surface area (Å²) in [5.41, 5.74) is 0. The number of rotatable bonds is 6. The lowest BCUT2D eigenvalue weighted by atomic mass is 9.99. The Labute approximate surface area is 146 Å². The summed E-state index contributed by atoms with van der Waals surface area (Å²) in [6, 6.07) is 0. The third kappa shape index (κ3) is 5.02. The van der Waals surface area contributed by atoms with Crippen LogP contribution in [0.3, 0.4) is 0 Å². The number of imidazole rings is 1. The number of aryl methyl sites for hydroxylation is 1. The monoisotopic (exact) mass is 335 g/mol. The van der Waals surface area contributed by atoms with Crippen molar-refractivity contribution in [3.8, 4) is 0 Å². The molecule has 2 saturated heterocycles. The van der Waals surface area contributed by atoms with Crippen molar-refractivity contribution in [1.82, 2.24) is 24.3 Å². The van der Waals surface area contributed by atoms with Crippen LogP contribution >= 0.6 is 0 Å². The summed E-state index contributed by atoms with van der Waals surface area (Å²) in [6.45, 7) is 11.4. The topological polar surface area (TPSA) is 47.8 Å². The minimum absolute atomic E-state index is 0.223. The van der Waals surface area contributed by atoms with Gasteiger partial charge in [-0.25, -0.2) is 4.98 Å². The van der Waals surface area contributed by atoms with E-state index in [1.807, 2.05) is 12.4 Å². The molecule has 1 unspecified atom stereocenters. The molecule has 136 valence electrons. The standard InChI is InChI=1S/C18H33N5O/c1-16-3-6-21(7-4-16)13-17(24)14-22-9-11-23(12-10-22)15-18-19-5-8-20(18)2/h5,8,16-17,24H,3-4,6-7,9-15H2,1-2H3. The highest BCUT2D eigenvalue weighted by molar-refractivity contribution is 4.91. The van der Waals surface area contributed by atoms with Gasteiger partial charge in [0.15, 0.2) is 0 Å². The normalized spacial score (nSPS) is 23.6. The maximum absolute atomic E-state index is 10.4. The maximum atomic E-state index is 10.4. The minimum Gasteiger partial charge on any atom is -0.390 e. The first-order chi connectivity index (χ1) is 11.6. The fourth-order valence-electron chi connectivity index (χ4n) is 3.78. The summed E-state index contributed by atoms with van der Waals surface area (Å²) in [5, 5.41) is 10.4. The average molecular weight is 335 g/mol. The molecule has 6 nitrogen and oxygen atoms in total. The van der Waals surface area contributed by atoms with Crippen LogP contribution in [-0.2, 0) is 13.6 Å². The fourth-order valence-corrected chi connectivity index (χ4v) is 3.78. The van der Waals surface area contributed by atoms with E-state index >= 15 is 0 Å². The molecule has 6 heteroatoms. The molecule has 1 N–H and O–H groups in total. The predicted octanol–water partition coefficient (Wildman–Crippen LogP) is 0.631. The van der Waals surface area contributed by atoms with Gasteiger partial charge in [-0.3, -0.25) is 9.80 Å². The molecule has 1 aromatic rings. The summed E-state index contributed by atoms with van der Waals surface area (Å²) in [4.78, 5) is 11.7. The first-order valence-electron chi connectivity index (χ1n) is 9.41. The second kappa shape index (κ2) is 8.43. The SMILES string of the molecule is CC1CCN(CC(O)CN2CCN(Cc3nccn3C)CC2)CC1. The molecule has 3 heterocycles. The molecule has 2 fully saturated rings. The Balaban J connectivity index is 1.35. The average Bonchev–Trinajstić information content (AvgIpc) is 2.96. The zero-order valence-electron chi connectivity index (χ0n) is 15.3. The Kier molecular flexibility index (Phi) is 6.27. The van der Waals surface area contributed by atoms with Gasteiger partial charge in [-0.1, -0.05) is 6.92 Å². The van der Waals surface area contributed by atoms with Crippen LogP contribution in [0.2, 0.25) is 0 Å². The minimum atomic E-state index is -0.223. The van der Waals surface area contributed by atoms with Crippen molar-refractivity contribution in [2.75, 3.05) is 52.4 Å². The van der Waals surface area contributed by atoms with E-state index in [4.69, 9.17) is 0 Å². The van der Waals surface area contributed by atoms with Gasteiger partial charge in [-0.2, -0.15) is 0 Å². The van der Waals surface area contributed by atoms with E-state index < -0.39 is 0 Å². The first kappa shape index (κ1) is 17.9. The summed E-state index contributed by atoms with van der Waals surface area (Å²) < 4.78 is 2.09. The van der Waals surface area contributed by atoms with Gasteiger partial charge in [0.25, 0.3) is 0 Å². The van der Waals surface area contributed by atoms with Crippen molar-refractivity contribution in [1.29, 1.82) is 0 Å². The largest absolute Gasteiger partial charge is 0.390 e. The Morgan fingerprint density at radius 3 is 2.21 bits per heavy atom. The Bertz CT molecular complexity index is 489. The van der Waals surface area contributed by atoms with Crippen LogP contribution in [0, 0.1) is 5.92 Å². The predicted molar refractivity (Wildman–Crippen MR) is 95.8 cm³/mol. The molecule has 0 radical (unpaired) electrons. The summed E-state index contributed by atoms with van der Waals surface area (Å²) >= 11 is 0. The van der Waals surface area contributed by atoms with Gasteiger partial charge >= 0.3 is 0 Å². The van der Waals surface area contributed by atoms with E-state index in [1.165, 1.54) is 12.8 Å². The summed E-state index contributed by atoms with van der Waals surface area (Å²) in [7, 11) is 2.05. The molecule has 0 spiro atoms. The van der Waals surface area contributed by atoms with E-state index in [0.717, 1.165) is 70.6 Å². The fraction of sp³-hybridized carbons (Fsp3) is 0.833. The number of β-amino-alcohol motifs (C(OH)–C–C–N with tert-alkyl or cyclic N) is 1. The van der Waals surface area contributed by atoms with E-state index in [0.29, 0.717) is 0 Å². The molecule has 1 aromatic heterocycles. The van der Waals surface area contributed by atoms with Gasteiger partial charge in [0.2, 0.25) is 0 Å². The number of aliphatic hydroxyl groups is 1. The molecule has 1 atom stereocenters. The number of nitrogens with zero attached hydrogens (tertiary/aromatic N) is 5. The first-order valence-corrected chi connectivity index (χ1v) is 9.41. The van der Waals surface area contributed by atoms with E-state index in [2.05, 4.69) is 38.2 Å². The van der Waals surface area contributed by atoms with Crippen molar-refractivity contribution >= 4 is 0 Å². The maximum Gasteiger partial charge on any atom is 0.122 e. The van der Waals surface area contributed by atoms with E-state index in [1.54, 1.807) is 0 Å². The molecule has 0 amide bonds. The highest BCUT2D eigenvalue weighted by atomic mass is 16.3. The second-order valence-corrected chi connectivity index (χ2v) is 7.67. The zero-order chi connectivity index (χ0) is 16.9. The Hall–Kier alpha value is -0.950. The van der Waals surface area contributed by atoms with Crippen molar-refractivity contribution in [2.45, 2.75) is 32.4 Å². The zero-order valence-corrected chi connectivity index (χ0v) is 15.3. The van der Waals surface area contributed by atoms with Crippen LogP contribution < -0.4 is 0 Å². The number of hydrogen-bond donors (Lipinski definition) is 1. The quantitative estimate of drug-likeness (QED) is 0.826. The van der Waals surface area contributed by atoms with Crippen LogP contribution in [0.15, 0.2) is 12.4 Å². The van der Waals surface area contributed by atoms with Crippen molar-refractivity contribution in [2.24, 2.45) is 13.0 Å². The highest BCUT2D eigenvalue weighted by Crippen LogP contribution is 2.16. The molecule has 0 saturated carbocycles. The summed E-state index contributed by atoms with van der Waals surface area (Å²) in [5.74, 6) is 1.98. The molecule has 2 aliphatic rings. The third-order valence-electron chi connectivity index (χ3n) is 5.57. The molecular formula is C18H33N5O. The number of aliphatic hydroxyl groups excluding tert-OH is 1. The molecule has 0 bridgehead atoms. The van der Waals surface area contributed by atoms with Crippen LogP contribution in [0.4, 0.5) is 0 Å². The van der Waals surface area contributed by atoms with E-state index in [-0.39, 0.29) is 6.10 Å². The van der Waals surface area contributed by atoms with Crippen molar-refractivity contribution < 1.29 is 5.11 Å². The lowest BCUT2D eigenvalue weighted by Gasteiger charge is -2.37. The number of piperidine rings is 1. The van der Waals surface area contributed by atoms with Gasteiger partial charge in [0, 0.05) is 58.7 Å². The van der Waals surface area contributed by atoms with Gasteiger partial charge < -0.3 is 14.6 Å². The number of hydrogen-bond acceptors (Lipinski definition) is 5. The van der Waals surface area contributed by atoms with Gasteiger partial charge in [-0.05, 0) is 31.8 Å². The van der Waals surface area contributed by atoms with Gasteiger partial charge in [0.05, 0.1) is 12.6 Å². The summed E-state index contributed by atoms with van der Waals surface area (Å²) in [6.07, 6.45) is 6.20. The second-order valence-electron chi connectivity index (χ2n) is 7.67. The van der Waals surface area contributed by atoms with Crippen molar-refractivity contribution in [3.05, 3.63) is 18.2 Å². The molecule has 3 rings (SSSR count). The molecule has 0 aliphatic carbocycles. The number of aromatic nitrogens is 2. The van der Waals surface area contributed by atoms with Crippen LogP contribution in [0.25, 0.3) is 0 Å². The molecule has 2 aliphatic heterocycles. The third-order valence-corrected chi connectivity index (χ3v) is 5.57. The highest BCUT2D eigenvalue weighted by Gasteiger charge is 2.22. The van der Waals surface area contributed by atoms with Gasteiger partial charge in [0.1, 0.15) is 5.82 Å². The van der Waals surface area contributed by atoms with Crippen molar-refractivity contribution in [3.63, 3.8) is 0 Å². The van der Waals surface area contributed by atoms with Crippen LogP contribution in [-0.4, -0.2) is 87.8 Å². The number of likely N-dealkylation sites (tertiary alicyclic amines) is 1. The Morgan fingerprint density at radius 2 is 1.62 bits per heavy atom. The van der Waals surface area contributed by atoms with Crippen LogP contribution in [0.1, 0.15) is 25.6 Å². The Morgan fingerprint density at radius 1 is 1.04 bits per heavy atom. The number of piperazine rings is 1. The lowest BCUT2D eigenvalue weighted by Crippen LogP contribution is -2.50. The van der Waals surface area contributed by atoms with E-state index in [9.17, 15) is 5.11 Å². The molecule has 0 aromatic carbocycles. The van der Waals surface area contributed by atoms with Crippen LogP contribution in [0.5, 0.6) is 0 Å². The van der Waals surface area contributed by atoms with Gasteiger partial charge in [-0.15, -0.1) is 0 Å². The molecular weight excluding hydrogens is 302 g/mol. The lowest BCUT2D eigenvalue weighted by molar-refractivity contribution is 0.0410.